The molecule has 1 aromatic carbocycles. The predicted molar refractivity (Wildman–Crippen MR) is 141 cm³/mol. The largest absolute Gasteiger partial charge is 0.383 e. The van der Waals surface area contributed by atoms with Crippen molar-refractivity contribution < 1.29 is 4.39 Å². The molecule has 0 radical (unpaired) electrons. The van der Waals surface area contributed by atoms with Gasteiger partial charge in [0.1, 0.15) is 5.67 Å². The number of rotatable bonds is 9. The van der Waals surface area contributed by atoms with Gasteiger partial charge in [0.2, 0.25) is 0 Å². The fourth-order valence-corrected chi connectivity index (χ4v) is 6.54. The van der Waals surface area contributed by atoms with Gasteiger partial charge in [-0.15, -0.1) is 0 Å². The zero-order chi connectivity index (χ0) is 24.3. The Labute approximate surface area is 209 Å². The van der Waals surface area contributed by atoms with Crippen molar-refractivity contribution in [3.63, 3.8) is 0 Å². The fraction of sp³-hybridized carbons (Fsp3) is 0.448. The number of hydrogen-bond donors (Lipinski definition) is 3. The van der Waals surface area contributed by atoms with Crippen LogP contribution in [0.4, 0.5) is 10.1 Å². The lowest BCUT2D eigenvalue weighted by atomic mass is 9.42. The molecule has 0 atom stereocenters. The number of benzene rings is 1. The highest BCUT2D eigenvalue weighted by atomic mass is 19.1. The van der Waals surface area contributed by atoms with Crippen LogP contribution >= 0.6 is 0 Å². The third kappa shape index (κ3) is 3.81. The molecule has 3 aromatic heterocycles. The van der Waals surface area contributed by atoms with Crippen molar-refractivity contribution in [2.24, 2.45) is 11.3 Å². The highest BCUT2D eigenvalue weighted by Crippen LogP contribution is 2.69. The molecule has 0 spiro atoms. The van der Waals surface area contributed by atoms with Crippen LogP contribution in [0, 0.1) is 11.3 Å². The van der Waals surface area contributed by atoms with E-state index in [9.17, 15) is 9.18 Å². The van der Waals surface area contributed by atoms with E-state index in [1.165, 1.54) is 30.3 Å². The first-order chi connectivity index (χ1) is 17.5. The van der Waals surface area contributed by atoms with Gasteiger partial charge in [-0.2, -0.15) is 0 Å². The highest BCUT2D eigenvalue weighted by molar-refractivity contribution is 5.92. The molecule has 0 aliphatic heterocycles. The van der Waals surface area contributed by atoms with Gasteiger partial charge < -0.3 is 20.2 Å². The molecule has 186 valence electrons. The number of nitrogens with zero attached hydrogens (tertiary/aromatic N) is 2. The summed E-state index contributed by atoms with van der Waals surface area (Å²) in [5.74, 6) is 0.847. The number of hydrogen-bond acceptors (Lipinski definition) is 4. The Balaban J connectivity index is 1.07. The Morgan fingerprint density at radius 3 is 2.75 bits per heavy atom. The second-order valence-electron chi connectivity index (χ2n) is 11.6. The number of H-pyrrole nitrogens is 1. The Bertz CT molecular complexity index is 1500. The number of fused-ring (bicyclic) bond motifs is 2. The zero-order valence-corrected chi connectivity index (χ0v) is 20.4. The molecule has 3 N–H and O–H groups in total. The number of aromatic nitrogens is 3. The summed E-state index contributed by atoms with van der Waals surface area (Å²) in [6.45, 7) is 3.18. The van der Waals surface area contributed by atoms with Crippen molar-refractivity contribution in [3.8, 4) is 0 Å². The van der Waals surface area contributed by atoms with Gasteiger partial charge >= 0.3 is 0 Å². The minimum absolute atomic E-state index is 0.0515. The number of alkyl halides is 1. The molecule has 8 rings (SSSR count). The molecule has 4 saturated carbocycles. The van der Waals surface area contributed by atoms with Crippen LogP contribution in [-0.4, -0.2) is 33.3 Å². The molecular weight excluding hydrogens is 453 g/mol. The quantitative estimate of drug-likeness (QED) is 0.308. The maximum Gasteiger partial charge on any atom is 0.260 e. The van der Waals surface area contributed by atoms with Crippen LogP contribution in [0.2, 0.25) is 0 Å². The van der Waals surface area contributed by atoms with E-state index >= 15 is 0 Å². The molecule has 4 aliphatic rings. The van der Waals surface area contributed by atoms with E-state index in [1.807, 2.05) is 12.3 Å². The molecule has 0 unspecified atom stereocenters. The summed E-state index contributed by atoms with van der Waals surface area (Å²) in [6, 6.07) is 10.5. The summed E-state index contributed by atoms with van der Waals surface area (Å²) in [4.78, 5) is 21.2. The number of halogens is 1. The van der Waals surface area contributed by atoms with E-state index < -0.39 is 5.67 Å². The molecule has 4 fully saturated rings. The SMILES string of the molecule is O=c1c2cncc(NCC34CC(F)(C3)C4)c2ccn1Cc1ccc2cc(CNCC3CCC3)[nH]c2c1. The zero-order valence-electron chi connectivity index (χ0n) is 20.4. The molecule has 7 heteroatoms. The van der Waals surface area contributed by atoms with Crippen molar-refractivity contribution in [1.82, 2.24) is 19.9 Å². The van der Waals surface area contributed by atoms with Crippen molar-refractivity contribution in [3.05, 3.63) is 70.5 Å². The van der Waals surface area contributed by atoms with Crippen LogP contribution in [-0.2, 0) is 13.1 Å². The van der Waals surface area contributed by atoms with Crippen molar-refractivity contribution in [1.29, 1.82) is 0 Å². The van der Waals surface area contributed by atoms with Crippen molar-refractivity contribution in [2.45, 2.75) is 57.3 Å². The van der Waals surface area contributed by atoms with Crippen LogP contribution in [0.3, 0.4) is 0 Å². The van der Waals surface area contributed by atoms with E-state index in [-0.39, 0.29) is 11.0 Å². The van der Waals surface area contributed by atoms with Gasteiger partial charge in [-0.1, -0.05) is 18.6 Å². The second kappa shape index (κ2) is 8.17. The van der Waals surface area contributed by atoms with Crippen LogP contribution in [0.25, 0.3) is 21.7 Å². The normalized spacial score (nSPS) is 24.9. The number of nitrogens with one attached hydrogen (secondary N) is 3. The third-order valence-corrected chi connectivity index (χ3v) is 8.70. The third-order valence-electron chi connectivity index (χ3n) is 8.70. The first-order valence-corrected chi connectivity index (χ1v) is 13.2. The molecule has 0 saturated heterocycles. The molecule has 4 aromatic rings. The van der Waals surface area contributed by atoms with Crippen LogP contribution in [0.5, 0.6) is 0 Å². The number of anilines is 1. The molecule has 6 nitrogen and oxygen atoms in total. The maximum absolute atomic E-state index is 13.9. The van der Waals surface area contributed by atoms with E-state index in [0.717, 1.165) is 47.7 Å². The lowest BCUT2D eigenvalue weighted by molar-refractivity contribution is -0.204. The smallest absolute Gasteiger partial charge is 0.260 e. The highest BCUT2D eigenvalue weighted by Gasteiger charge is 2.68. The Hall–Kier alpha value is -3.19. The van der Waals surface area contributed by atoms with Gasteiger partial charge in [-0.25, -0.2) is 4.39 Å². The summed E-state index contributed by atoms with van der Waals surface area (Å²) < 4.78 is 15.6. The van der Waals surface area contributed by atoms with E-state index in [4.69, 9.17) is 0 Å². The van der Waals surface area contributed by atoms with E-state index in [2.05, 4.69) is 44.9 Å². The monoisotopic (exact) mass is 485 g/mol. The lowest BCUT2D eigenvalue weighted by Crippen LogP contribution is -2.66. The minimum Gasteiger partial charge on any atom is -0.383 e. The standard InChI is InChI=1S/C29H32FN5O/c30-29-15-28(16-29,17-29)18-33-26-13-32-12-24-23(26)6-7-35(27(24)36)14-20-4-5-21-9-22(34-25(21)8-20)11-31-10-19-2-1-3-19/h4-9,12-13,19,31,33-34H,1-3,10-11,14-18H2. The number of aromatic amines is 1. The van der Waals surface area contributed by atoms with Gasteiger partial charge in [0.05, 0.1) is 23.8 Å². The summed E-state index contributed by atoms with van der Waals surface area (Å²) in [5, 5.41) is 9.67. The molecule has 0 amide bonds. The molecule has 2 bridgehead atoms. The minimum atomic E-state index is -0.899. The second-order valence-corrected chi connectivity index (χ2v) is 11.6. The average Bonchev–Trinajstić information content (AvgIpc) is 3.21. The van der Waals surface area contributed by atoms with Crippen molar-refractivity contribution in [2.75, 3.05) is 18.4 Å². The van der Waals surface area contributed by atoms with Crippen molar-refractivity contribution >= 4 is 27.4 Å². The lowest BCUT2D eigenvalue weighted by Gasteiger charge is -2.66. The summed E-state index contributed by atoms with van der Waals surface area (Å²) >= 11 is 0. The van der Waals surface area contributed by atoms with Gasteiger partial charge in [-0.3, -0.25) is 9.78 Å². The van der Waals surface area contributed by atoms with Crippen LogP contribution in [0.15, 0.2) is 53.7 Å². The molecule has 3 heterocycles. The van der Waals surface area contributed by atoms with Gasteiger partial charge in [0.25, 0.3) is 5.56 Å². The average molecular weight is 486 g/mol. The van der Waals surface area contributed by atoms with E-state index in [0.29, 0.717) is 31.2 Å². The van der Waals surface area contributed by atoms with Crippen LogP contribution < -0.4 is 16.2 Å². The van der Waals surface area contributed by atoms with Gasteiger partial charge in [0.15, 0.2) is 0 Å². The molecular formula is C29H32FN5O. The van der Waals surface area contributed by atoms with Gasteiger partial charge in [-0.05, 0) is 79.1 Å². The first-order valence-electron chi connectivity index (χ1n) is 13.2. The summed E-state index contributed by atoms with van der Waals surface area (Å²) in [7, 11) is 0. The first kappa shape index (κ1) is 22.0. The Morgan fingerprint density at radius 1 is 1.11 bits per heavy atom. The fourth-order valence-electron chi connectivity index (χ4n) is 6.54. The maximum atomic E-state index is 13.9. The Kier molecular flexibility index (Phi) is 5.00. The predicted octanol–water partition coefficient (Wildman–Crippen LogP) is 5.12. The Morgan fingerprint density at radius 2 is 1.97 bits per heavy atom. The van der Waals surface area contributed by atoms with Crippen LogP contribution in [0.1, 0.15) is 49.8 Å². The number of pyridine rings is 2. The van der Waals surface area contributed by atoms with E-state index in [1.54, 1.807) is 17.0 Å². The summed E-state index contributed by atoms with van der Waals surface area (Å²) in [6.07, 6.45) is 11.3. The molecule has 4 aliphatic carbocycles. The summed E-state index contributed by atoms with van der Waals surface area (Å²) in [5.41, 5.74) is 3.35. The topological polar surface area (TPSA) is 74.7 Å². The van der Waals surface area contributed by atoms with Gasteiger partial charge in [0, 0.05) is 42.1 Å². The molecule has 36 heavy (non-hydrogen) atoms.